The fourth-order valence-corrected chi connectivity index (χ4v) is 2.95. The van der Waals surface area contributed by atoms with Crippen molar-refractivity contribution in [3.8, 4) is 34.5 Å². The molecule has 6 heteroatoms. The van der Waals surface area contributed by atoms with E-state index in [1.807, 2.05) is 0 Å². The fraction of sp³-hybridized carbons (Fsp3) is 0.455. The predicted molar refractivity (Wildman–Crippen MR) is 107 cm³/mol. The Bertz CT molecular complexity index is 614. The third-order valence-corrected chi connectivity index (χ3v) is 4.33. The summed E-state index contributed by atoms with van der Waals surface area (Å²) in [5, 5.41) is 37.5. The van der Waals surface area contributed by atoms with E-state index in [1.165, 1.54) is 49.2 Å². The molecule has 0 unspecified atom stereocenters. The van der Waals surface area contributed by atoms with Crippen molar-refractivity contribution < 1.29 is 29.9 Å². The predicted octanol–water partition coefficient (Wildman–Crippen LogP) is 5.09. The van der Waals surface area contributed by atoms with E-state index in [0.29, 0.717) is 24.7 Å². The lowest BCUT2D eigenvalue weighted by Crippen LogP contribution is -1.97. The van der Waals surface area contributed by atoms with Gasteiger partial charge in [0.05, 0.1) is 13.2 Å². The molecule has 6 nitrogen and oxygen atoms in total. The largest absolute Gasteiger partial charge is 0.508 e. The van der Waals surface area contributed by atoms with Gasteiger partial charge in [-0.1, -0.05) is 38.5 Å². The summed E-state index contributed by atoms with van der Waals surface area (Å²) in [6, 6.07) is 8.52. The zero-order valence-corrected chi connectivity index (χ0v) is 16.1. The third kappa shape index (κ3) is 8.75. The Balaban J connectivity index is 1.40. The molecule has 0 saturated carbocycles. The number of phenolic OH excluding ortho intramolecular Hbond substituents is 4. The maximum Gasteiger partial charge on any atom is 0.126 e. The van der Waals surface area contributed by atoms with Gasteiger partial charge in [-0.3, -0.25) is 0 Å². The molecule has 0 aromatic heterocycles. The van der Waals surface area contributed by atoms with Gasteiger partial charge in [-0.25, -0.2) is 0 Å². The van der Waals surface area contributed by atoms with E-state index < -0.39 is 0 Å². The quantitative estimate of drug-likeness (QED) is 0.356. The average Bonchev–Trinajstić information content (AvgIpc) is 2.61. The molecule has 0 bridgehead atoms. The minimum Gasteiger partial charge on any atom is -0.508 e. The molecular weight excluding hydrogens is 360 g/mol. The number of hydrogen-bond acceptors (Lipinski definition) is 6. The van der Waals surface area contributed by atoms with Gasteiger partial charge < -0.3 is 29.9 Å². The van der Waals surface area contributed by atoms with Gasteiger partial charge in [-0.05, 0) is 12.8 Å². The second kappa shape index (κ2) is 11.8. The summed E-state index contributed by atoms with van der Waals surface area (Å²) in [5.74, 6) is 0.975. The normalized spacial score (nSPS) is 10.7. The van der Waals surface area contributed by atoms with Gasteiger partial charge in [0.1, 0.15) is 34.5 Å². The molecule has 0 aliphatic carbocycles. The van der Waals surface area contributed by atoms with E-state index in [2.05, 4.69) is 0 Å². The van der Waals surface area contributed by atoms with Crippen LogP contribution in [-0.2, 0) is 0 Å². The molecule has 0 aliphatic heterocycles. The highest BCUT2D eigenvalue weighted by molar-refractivity contribution is 5.41. The van der Waals surface area contributed by atoms with Gasteiger partial charge >= 0.3 is 0 Å². The van der Waals surface area contributed by atoms with E-state index in [0.717, 1.165) is 38.5 Å². The molecule has 0 fully saturated rings. The summed E-state index contributed by atoms with van der Waals surface area (Å²) in [4.78, 5) is 0. The molecule has 0 heterocycles. The number of unbranched alkanes of at least 4 members (excludes halogenated alkanes) is 7. The molecule has 0 saturated heterocycles. The molecule has 0 aliphatic rings. The second-order valence-corrected chi connectivity index (χ2v) is 6.90. The third-order valence-electron chi connectivity index (χ3n) is 4.33. The topological polar surface area (TPSA) is 99.4 Å². The Kier molecular flexibility index (Phi) is 9.11. The first-order chi connectivity index (χ1) is 13.5. The van der Waals surface area contributed by atoms with Gasteiger partial charge in [0.2, 0.25) is 0 Å². The van der Waals surface area contributed by atoms with Crippen molar-refractivity contribution in [3.05, 3.63) is 36.4 Å². The summed E-state index contributed by atoms with van der Waals surface area (Å²) in [6.07, 6.45) is 8.77. The van der Waals surface area contributed by atoms with Crippen LogP contribution in [0, 0.1) is 0 Å². The van der Waals surface area contributed by atoms with Gasteiger partial charge in [-0.2, -0.15) is 0 Å². The Morgan fingerprint density at radius 3 is 1.04 bits per heavy atom. The fourth-order valence-electron chi connectivity index (χ4n) is 2.95. The molecule has 2 aromatic rings. The van der Waals surface area contributed by atoms with Crippen molar-refractivity contribution in [2.75, 3.05) is 13.2 Å². The highest BCUT2D eigenvalue weighted by Crippen LogP contribution is 2.26. The zero-order chi connectivity index (χ0) is 20.2. The zero-order valence-electron chi connectivity index (χ0n) is 16.1. The van der Waals surface area contributed by atoms with Crippen molar-refractivity contribution in [2.24, 2.45) is 0 Å². The molecule has 0 radical (unpaired) electrons. The van der Waals surface area contributed by atoms with Gasteiger partial charge in [0, 0.05) is 36.4 Å². The number of rotatable bonds is 13. The van der Waals surface area contributed by atoms with E-state index in [9.17, 15) is 20.4 Å². The minimum atomic E-state index is 0.000428. The van der Waals surface area contributed by atoms with Crippen LogP contribution in [0.4, 0.5) is 0 Å². The minimum absolute atomic E-state index is 0.000428. The van der Waals surface area contributed by atoms with Crippen molar-refractivity contribution >= 4 is 0 Å². The van der Waals surface area contributed by atoms with Crippen LogP contribution in [0.1, 0.15) is 51.4 Å². The highest BCUT2D eigenvalue weighted by atomic mass is 16.5. The summed E-state index contributed by atoms with van der Waals surface area (Å²) < 4.78 is 11.1. The van der Waals surface area contributed by atoms with Crippen LogP contribution < -0.4 is 9.47 Å². The SMILES string of the molecule is Oc1cc(O)cc(OCCCCCCCCCCOc2cc(O)cc(O)c2)c1. The first kappa shape index (κ1) is 21.5. The maximum atomic E-state index is 9.38. The van der Waals surface area contributed by atoms with Crippen molar-refractivity contribution in [1.82, 2.24) is 0 Å². The Morgan fingerprint density at radius 2 is 0.714 bits per heavy atom. The van der Waals surface area contributed by atoms with Gasteiger partial charge in [-0.15, -0.1) is 0 Å². The average molecular weight is 390 g/mol. The first-order valence-corrected chi connectivity index (χ1v) is 9.84. The smallest absolute Gasteiger partial charge is 0.126 e. The standard InChI is InChI=1S/C22H30O6/c23-17-11-18(24)14-21(13-17)27-9-7-5-3-1-2-4-6-8-10-28-22-15-19(25)12-20(26)16-22/h11-16,23-26H,1-10H2. The molecule has 154 valence electrons. The molecular formula is C22H30O6. The second-order valence-electron chi connectivity index (χ2n) is 6.90. The van der Waals surface area contributed by atoms with Crippen LogP contribution >= 0.6 is 0 Å². The lowest BCUT2D eigenvalue weighted by atomic mass is 10.1. The number of benzene rings is 2. The summed E-state index contributed by atoms with van der Waals surface area (Å²) in [5.41, 5.74) is 0. The molecule has 0 atom stereocenters. The number of phenols is 4. The Hall–Kier alpha value is -2.76. The number of ether oxygens (including phenoxy) is 2. The van der Waals surface area contributed by atoms with Crippen LogP contribution in [0.5, 0.6) is 34.5 Å². The molecule has 28 heavy (non-hydrogen) atoms. The summed E-state index contributed by atoms with van der Waals surface area (Å²) in [6.45, 7) is 1.15. The van der Waals surface area contributed by atoms with Crippen molar-refractivity contribution in [1.29, 1.82) is 0 Å². The van der Waals surface area contributed by atoms with Crippen molar-refractivity contribution in [3.63, 3.8) is 0 Å². The Morgan fingerprint density at radius 1 is 0.429 bits per heavy atom. The summed E-state index contributed by atoms with van der Waals surface area (Å²) in [7, 11) is 0. The number of aromatic hydroxyl groups is 4. The summed E-state index contributed by atoms with van der Waals surface area (Å²) >= 11 is 0. The maximum absolute atomic E-state index is 9.38. The van der Waals surface area contributed by atoms with Crippen LogP contribution in [0.3, 0.4) is 0 Å². The van der Waals surface area contributed by atoms with Crippen LogP contribution in [0.25, 0.3) is 0 Å². The first-order valence-electron chi connectivity index (χ1n) is 9.84. The van der Waals surface area contributed by atoms with E-state index in [-0.39, 0.29) is 23.0 Å². The monoisotopic (exact) mass is 390 g/mol. The lowest BCUT2D eigenvalue weighted by molar-refractivity contribution is 0.297. The van der Waals surface area contributed by atoms with Crippen LogP contribution in [-0.4, -0.2) is 33.6 Å². The molecule has 4 N–H and O–H groups in total. The molecule has 2 aromatic carbocycles. The van der Waals surface area contributed by atoms with Crippen LogP contribution in [0.2, 0.25) is 0 Å². The molecule has 2 rings (SSSR count). The van der Waals surface area contributed by atoms with E-state index >= 15 is 0 Å². The van der Waals surface area contributed by atoms with E-state index in [4.69, 9.17) is 9.47 Å². The lowest BCUT2D eigenvalue weighted by Gasteiger charge is -2.08. The molecule has 0 spiro atoms. The van der Waals surface area contributed by atoms with Crippen LogP contribution in [0.15, 0.2) is 36.4 Å². The van der Waals surface area contributed by atoms with Gasteiger partial charge in [0.15, 0.2) is 0 Å². The van der Waals surface area contributed by atoms with Gasteiger partial charge in [0.25, 0.3) is 0 Å². The molecule has 0 amide bonds. The Labute approximate surface area is 166 Å². The highest BCUT2D eigenvalue weighted by Gasteiger charge is 2.01. The van der Waals surface area contributed by atoms with E-state index in [1.54, 1.807) is 0 Å². The number of hydrogen-bond donors (Lipinski definition) is 4. The van der Waals surface area contributed by atoms with Crippen molar-refractivity contribution in [2.45, 2.75) is 51.4 Å².